The first-order valence-corrected chi connectivity index (χ1v) is 5.17. The minimum Gasteiger partial charge on any atom is -0.439 e. The van der Waals surface area contributed by atoms with Gasteiger partial charge in [0.05, 0.1) is 11.5 Å². The lowest BCUT2D eigenvalue weighted by atomic mass is 10.2. The molecule has 0 aliphatic rings. The van der Waals surface area contributed by atoms with Crippen LogP contribution in [0.25, 0.3) is 0 Å². The Morgan fingerprint density at radius 1 is 1.33 bits per heavy atom. The Morgan fingerprint density at radius 3 is 2.78 bits per heavy atom. The minimum absolute atomic E-state index is 0.0785. The fraction of sp³-hybridized carbons (Fsp3) is 0.0833. The van der Waals surface area contributed by atoms with Crippen LogP contribution < -0.4 is 4.74 Å². The van der Waals surface area contributed by atoms with Gasteiger partial charge in [0.15, 0.2) is 0 Å². The Labute approximate surface area is 103 Å². The molecule has 18 heavy (non-hydrogen) atoms. The van der Waals surface area contributed by atoms with Crippen molar-refractivity contribution in [1.82, 2.24) is 4.98 Å². The number of hydrogen-bond donors (Lipinski definition) is 1. The van der Waals surface area contributed by atoms with Gasteiger partial charge in [0, 0.05) is 12.1 Å². The van der Waals surface area contributed by atoms with Crippen LogP contribution in [0.4, 0.5) is 5.69 Å². The van der Waals surface area contributed by atoms with E-state index in [0.717, 1.165) is 11.8 Å². The second-order valence-corrected chi connectivity index (χ2v) is 3.52. The first kappa shape index (κ1) is 12.0. The van der Waals surface area contributed by atoms with E-state index in [-0.39, 0.29) is 18.2 Å². The summed E-state index contributed by atoms with van der Waals surface area (Å²) >= 11 is 0. The van der Waals surface area contributed by atoms with Gasteiger partial charge in [-0.05, 0) is 17.7 Å². The van der Waals surface area contributed by atoms with Crippen LogP contribution in [0.5, 0.6) is 11.6 Å². The van der Waals surface area contributed by atoms with Gasteiger partial charge < -0.3 is 9.84 Å². The summed E-state index contributed by atoms with van der Waals surface area (Å²) in [7, 11) is 0. The fourth-order valence-electron chi connectivity index (χ4n) is 1.37. The van der Waals surface area contributed by atoms with E-state index in [1.54, 1.807) is 24.3 Å². The second kappa shape index (κ2) is 5.24. The number of benzene rings is 1. The Kier molecular flexibility index (Phi) is 3.49. The van der Waals surface area contributed by atoms with Crippen molar-refractivity contribution >= 4 is 5.69 Å². The van der Waals surface area contributed by atoms with E-state index in [9.17, 15) is 10.1 Å². The zero-order valence-corrected chi connectivity index (χ0v) is 9.31. The molecule has 0 radical (unpaired) electrons. The van der Waals surface area contributed by atoms with Gasteiger partial charge in [-0.25, -0.2) is 4.98 Å². The van der Waals surface area contributed by atoms with Gasteiger partial charge in [-0.3, -0.25) is 10.1 Å². The van der Waals surface area contributed by atoms with Crippen molar-refractivity contribution in [1.29, 1.82) is 0 Å². The molecule has 0 amide bonds. The van der Waals surface area contributed by atoms with E-state index < -0.39 is 4.92 Å². The molecular formula is C12H10N2O4. The zero-order chi connectivity index (χ0) is 13.0. The smallest absolute Gasteiger partial charge is 0.287 e. The van der Waals surface area contributed by atoms with Gasteiger partial charge in [-0.2, -0.15) is 0 Å². The lowest BCUT2D eigenvalue weighted by Crippen LogP contribution is -1.92. The maximum atomic E-state index is 10.5. The van der Waals surface area contributed by atoms with Crippen LogP contribution in [-0.4, -0.2) is 15.0 Å². The maximum Gasteiger partial charge on any atom is 0.287 e. The quantitative estimate of drug-likeness (QED) is 0.660. The minimum atomic E-state index is -0.525. The Bertz CT molecular complexity index is 554. The Balaban J connectivity index is 2.15. The fourth-order valence-corrected chi connectivity index (χ4v) is 1.37. The van der Waals surface area contributed by atoms with E-state index in [1.165, 1.54) is 12.1 Å². The molecule has 1 aromatic heterocycles. The number of aromatic nitrogens is 1. The third-order valence-corrected chi connectivity index (χ3v) is 2.23. The van der Waals surface area contributed by atoms with Crippen LogP contribution in [0.3, 0.4) is 0 Å². The molecule has 0 atom stereocenters. The van der Waals surface area contributed by atoms with Crippen molar-refractivity contribution in [2.75, 3.05) is 0 Å². The Morgan fingerprint density at radius 2 is 2.17 bits per heavy atom. The van der Waals surface area contributed by atoms with E-state index >= 15 is 0 Å². The topological polar surface area (TPSA) is 85.5 Å². The van der Waals surface area contributed by atoms with Crippen molar-refractivity contribution in [3.8, 4) is 11.6 Å². The molecule has 0 saturated carbocycles. The molecule has 6 nitrogen and oxygen atoms in total. The van der Waals surface area contributed by atoms with Gasteiger partial charge in [-0.15, -0.1) is 0 Å². The first-order valence-electron chi connectivity index (χ1n) is 5.17. The Hall–Kier alpha value is -2.47. The first-order chi connectivity index (χ1) is 8.69. The van der Waals surface area contributed by atoms with Crippen molar-refractivity contribution in [3.63, 3.8) is 0 Å². The van der Waals surface area contributed by atoms with Crippen LogP contribution >= 0.6 is 0 Å². The summed E-state index contributed by atoms with van der Waals surface area (Å²) in [5, 5.41) is 19.4. The third-order valence-electron chi connectivity index (χ3n) is 2.23. The molecule has 0 unspecified atom stereocenters. The summed E-state index contributed by atoms with van der Waals surface area (Å²) in [5.74, 6) is 0.776. The number of rotatable bonds is 4. The molecule has 0 saturated heterocycles. The summed E-state index contributed by atoms with van der Waals surface area (Å²) in [6.45, 7) is -0.0785. The average Bonchev–Trinajstić information content (AvgIpc) is 2.39. The summed E-state index contributed by atoms with van der Waals surface area (Å²) in [5.41, 5.74) is 0.626. The molecule has 1 heterocycles. The molecule has 92 valence electrons. The van der Waals surface area contributed by atoms with E-state index in [4.69, 9.17) is 9.84 Å². The van der Waals surface area contributed by atoms with E-state index in [1.807, 2.05) is 0 Å². The summed E-state index contributed by atoms with van der Waals surface area (Å²) in [4.78, 5) is 13.8. The van der Waals surface area contributed by atoms with Gasteiger partial charge >= 0.3 is 0 Å². The van der Waals surface area contributed by atoms with Gasteiger partial charge in [0.2, 0.25) is 5.88 Å². The lowest BCUT2D eigenvalue weighted by Gasteiger charge is -2.05. The largest absolute Gasteiger partial charge is 0.439 e. The normalized spacial score (nSPS) is 10.1. The average molecular weight is 246 g/mol. The molecule has 0 bridgehead atoms. The summed E-state index contributed by atoms with van der Waals surface area (Å²) < 4.78 is 5.41. The number of nitro groups is 1. The molecule has 1 N–H and O–H groups in total. The molecule has 1 aromatic carbocycles. The molecule has 2 rings (SSSR count). The molecular weight excluding hydrogens is 236 g/mol. The number of pyridine rings is 1. The highest BCUT2D eigenvalue weighted by Crippen LogP contribution is 2.21. The zero-order valence-electron chi connectivity index (χ0n) is 9.31. The monoisotopic (exact) mass is 246 g/mol. The number of nitrogens with zero attached hydrogens (tertiary/aromatic N) is 2. The third kappa shape index (κ3) is 2.80. The van der Waals surface area contributed by atoms with Gasteiger partial charge in [0.1, 0.15) is 11.9 Å². The number of aliphatic hydroxyl groups excluding tert-OH is 1. The molecule has 0 fully saturated rings. The highest BCUT2D eigenvalue weighted by atomic mass is 16.6. The van der Waals surface area contributed by atoms with Gasteiger partial charge in [0.25, 0.3) is 5.69 Å². The van der Waals surface area contributed by atoms with E-state index in [2.05, 4.69) is 4.98 Å². The highest BCUT2D eigenvalue weighted by Gasteiger charge is 2.06. The van der Waals surface area contributed by atoms with Crippen LogP contribution in [-0.2, 0) is 6.61 Å². The number of aliphatic hydroxyl groups is 1. The predicted octanol–water partition coefficient (Wildman–Crippen LogP) is 2.27. The predicted molar refractivity (Wildman–Crippen MR) is 63.3 cm³/mol. The highest BCUT2D eigenvalue weighted by molar-refractivity contribution is 5.34. The van der Waals surface area contributed by atoms with E-state index in [0.29, 0.717) is 5.75 Å². The second-order valence-electron chi connectivity index (χ2n) is 3.52. The van der Waals surface area contributed by atoms with Crippen LogP contribution in [0.15, 0.2) is 42.6 Å². The molecule has 0 spiro atoms. The van der Waals surface area contributed by atoms with Crippen LogP contribution in [0, 0.1) is 10.1 Å². The molecule has 6 heteroatoms. The SMILES string of the molecule is O=[N+]([O-])c1ccc(Oc2cccc(CO)c2)nc1. The van der Waals surface area contributed by atoms with Gasteiger partial charge in [-0.1, -0.05) is 12.1 Å². The van der Waals surface area contributed by atoms with Crippen molar-refractivity contribution < 1.29 is 14.8 Å². The molecule has 2 aromatic rings. The number of ether oxygens (including phenoxy) is 1. The molecule has 0 aliphatic heterocycles. The van der Waals surface area contributed by atoms with Crippen molar-refractivity contribution in [2.24, 2.45) is 0 Å². The standard InChI is InChI=1S/C12H10N2O4/c15-8-9-2-1-3-11(6-9)18-12-5-4-10(7-13-12)14(16)17/h1-7,15H,8H2. The molecule has 0 aliphatic carbocycles. The maximum absolute atomic E-state index is 10.5. The number of hydrogen-bond acceptors (Lipinski definition) is 5. The lowest BCUT2D eigenvalue weighted by molar-refractivity contribution is -0.385. The summed E-state index contributed by atoms with van der Waals surface area (Å²) in [6, 6.07) is 9.62. The van der Waals surface area contributed by atoms with Crippen LogP contribution in [0.1, 0.15) is 5.56 Å². The summed E-state index contributed by atoms with van der Waals surface area (Å²) in [6.07, 6.45) is 1.13. The van der Waals surface area contributed by atoms with Crippen molar-refractivity contribution in [3.05, 3.63) is 58.3 Å². The van der Waals surface area contributed by atoms with Crippen molar-refractivity contribution in [2.45, 2.75) is 6.61 Å². The van der Waals surface area contributed by atoms with Crippen LogP contribution in [0.2, 0.25) is 0 Å².